The van der Waals surface area contributed by atoms with Crippen LogP contribution in [0.3, 0.4) is 0 Å². The van der Waals surface area contributed by atoms with Crippen molar-refractivity contribution in [2.75, 3.05) is 13.2 Å². The Kier molecular flexibility index (Phi) is 65.2. The molecule has 6 heteroatoms. The van der Waals surface area contributed by atoms with Crippen molar-refractivity contribution < 1.29 is 28.6 Å². The monoisotopic (exact) mass is 1110 g/mol. The maximum absolute atomic E-state index is 12.9. The Morgan fingerprint density at radius 2 is 0.512 bits per heavy atom. The summed E-state index contributed by atoms with van der Waals surface area (Å²) in [6.45, 7) is 6.49. The molecular formula is C74H130O6. The fourth-order valence-corrected chi connectivity index (χ4v) is 9.98. The number of esters is 3. The summed E-state index contributed by atoms with van der Waals surface area (Å²) in [6.07, 6.45) is 90.5. The zero-order valence-corrected chi connectivity index (χ0v) is 53.1. The Labute approximate surface area is 496 Å². The number of allylic oxidation sites excluding steroid dienone is 14. The molecule has 0 heterocycles. The zero-order chi connectivity index (χ0) is 57.8. The molecule has 0 rings (SSSR count). The molecule has 0 aliphatic heterocycles. The van der Waals surface area contributed by atoms with E-state index in [4.69, 9.17) is 14.2 Å². The first-order valence-corrected chi connectivity index (χ1v) is 34.6. The lowest BCUT2D eigenvalue weighted by molar-refractivity contribution is -0.167. The molecule has 80 heavy (non-hydrogen) atoms. The van der Waals surface area contributed by atoms with E-state index in [-0.39, 0.29) is 31.1 Å². The molecule has 0 amide bonds. The van der Waals surface area contributed by atoms with E-state index in [9.17, 15) is 14.4 Å². The van der Waals surface area contributed by atoms with Crippen molar-refractivity contribution in [2.45, 2.75) is 354 Å². The standard InChI is InChI=1S/C74H130O6/c1-4-7-10-13-16-19-22-25-27-28-29-30-31-32-33-34-35-36-37-38-39-40-41-42-43-44-45-46-47-50-52-55-58-61-64-67-73(76)79-70-71(69-78-72(75)66-63-60-57-54-51-48-24-21-18-15-12-9-6-3)80-74(77)68-65-62-59-56-53-49-26-23-20-17-14-11-8-5-2/h7,10,12,15-16,19,21,24-25,27,29-30,32-33,71H,4-6,8-9,11,13-14,17-18,20,22-23,26,28,31,34-70H2,1-3H3/b10-7-,15-12-,19-16-,24-21-,27-25-,30-29-,33-32-. The normalized spacial score (nSPS) is 12.6. The zero-order valence-electron chi connectivity index (χ0n) is 53.1. The van der Waals surface area contributed by atoms with Crippen LogP contribution in [0.1, 0.15) is 348 Å². The Balaban J connectivity index is 4.08. The second-order valence-corrected chi connectivity index (χ2v) is 23.1. The van der Waals surface area contributed by atoms with Crippen LogP contribution in [0.2, 0.25) is 0 Å². The molecule has 462 valence electrons. The van der Waals surface area contributed by atoms with Crippen LogP contribution >= 0.6 is 0 Å². The van der Waals surface area contributed by atoms with Crippen molar-refractivity contribution in [3.05, 3.63) is 85.1 Å². The summed E-state index contributed by atoms with van der Waals surface area (Å²) in [7, 11) is 0. The number of ether oxygens (including phenoxy) is 3. The first-order chi connectivity index (χ1) is 39.5. The highest BCUT2D eigenvalue weighted by Crippen LogP contribution is 2.18. The van der Waals surface area contributed by atoms with Gasteiger partial charge in [0, 0.05) is 19.3 Å². The van der Waals surface area contributed by atoms with Gasteiger partial charge in [-0.15, -0.1) is 0 Å². The molecule has 1 atom stereocenters. The Morgan fingerprint density at radius 1 is 0.263 bits per heavy atom. The fourth-order valence-electron chi connectivity index (χ4n) is 9.98. The average molecular weight is 1120 g/mol. The molecular weight excluding hydrogens is 985 g/mol. The molecule has 6 nitrogen and oxygen atoms in total. The summed E-state index contributed by atoms with van der Waals surface area (Å²) in [5.74, 6) is -0.871. The van der Waals surface area contributed by atoms with Gasteiger partial charge < -0.3 is 14.2 Å². The van der Waals surface area contributed by atoms with Crippen LogP contribution in [-0.4, -0.2) is 37.2 Å². The summed E-state index contributed by atoms with van der Waals surface area (Å²) >= 11 is 0. The van der Waals surface area contributed by atoms with Crippen LogP contribution in [0.4, 0.5) is 0 Å². The summed E-state index contributed by atoms with van der Waals surface area (Å²) < 4.78 is 16.9. The number of rotatable bonds is 63. The lowest BCUT2D eigenvalue weighted by Gasteiger charge is -2.18. The van der Waals surface area contributed by atoms with Gasteiger partial charge in [-0.3, -0.25) is 14.4 Å². The summed E-state index contributed by atoms with van der Waals surface area (Å²) in [5, 5.41) is 0. The van der Waals surface area contributed by atoms with E-state index in [1.165, 1.54) is 193 Å². The van der Waals surface area contributed by atoms with Gasteiger partial charge in [-0.1, -0.05) is 324 Å². The van der Waals surface area contributed by atoms with Gasteiger partial charge in [-0.05, 0) is 89.9 Å². The first kappa shape index (κ1) is 76.6. The molecule has 0 aromatic heterocycles. The van der Waals surface area contributed by atoms with Crippen molar-refractivity contribution in [2.24, 2.45) is 0 Å². The van der Waals surface area contributed by atoms with Crippen molar-refractivity contribution in [3.63, 3.8) is 0 Å². The van der Waals surface area contributed by atoms with Gasteiger partial charge in [-0.2, -0.15) is 0 Å². The van der Waals surface area contributed by atoms with Crippen LogP contribution in [0.5, 0.6) is 0 Å². The van der Waals surface area contributed by atoms with Gasteiger partial charge in [0.25, 0.3) is 0 Å². The molecule has 0 saturated heterocycles. The van der Waals surface area contributed by atoms with Crippen LogP contribution in [0, 0.1) is 0 Å². The van der Waals surface area contributed by atoms with Crippen LogP contribution in [0.15, 0.2) is 85.1 Å². The number of hydrogen-bond donors (Lipinski definition) is 0. The minimum absolute atomic E-state index is 0.0750. The first-order valence-electron chi connectivity index (χ1n) is 34.6. The summed E-state index contributed by atoms with van der Waals surface area (Å²) in [4.78, 5) is 38.3. The van der Waals surface area contributed by atoms with Gasteiger partial charge in [-0.25, -0.2) is 0 Å². The molecule has 0 spiro atoms. The maximum atomic E-state index is 12.9. The topological polar surface area (TPSA) is 78.9 Å². The lowest BCUT2D eigenvalue weighted by Crippen LogP contribution is -2.30. The second kappa shape index (κ2) is 68.1. The fraction of sp³-hybridized carbons (Fsp3) is 0.770. The number of hydrogen-bond acceptors (Lipinski definition) is 6. The highest BCUT2D eigenvalue weighted by Gasteiger charge is 2.19. The minimum atomic E-state index is -0.778. The van der Waals surface area contributed by atoms with Crippen LogP contribution < -0.4 is 0 Å². The molecule has 0 aromatic carbocycles. The van der Waals surface area contributed by atoms with Gasteiger partial charge in [0.2, 0.25) is 0 Å². The summed E-state index contributed by atoms with van der Waals surface area (Å²) in [6, 6.07) is 0. The molecule has 0 saturated carbocycles. The van der Waals surface area contributed by atoms with E-state index < -0.39 is 6.10 Å². The molecule has 0 bridgehead atoms. The number of unbranched alkanes of at least 4 members (excludes halogenated alkanes) is 38. The Bertz CT molecular complexity index is 1520. The highest BCUT2D eigenvalue weighted by atomic mass is 16.6. The van der Waals surface area contributed by atoms with E-state index in [1.54, 1.807) is 0 Å². The number of carbonyl (C=O) groups excluding carboxylic acids is 3. The van der Waals surface area contributed by atoms with Gasteiger partial charge in [0.15, 0.2) is 6.10 Å². The lowest BCUT2D eigenvalue weighted by atomic mass is 10.0. The van der Waals surface area contributed by atoms with Crippen LogP contribution in [-0.2, 0) is 28.6 Å². The van der Waals surface area contributed by atoms with Crippen LogP contribution in [0.25, 0.3) is 0 Å². The SMILES string of the molecule is CC/C=C\C/C=C\C/C=C\C/C=C\C/C=C\CCCCCCCCCCCCCCCCCCCCCC(=O)OCC(COC(=O)CCCCCCC/C=C\C/C=C\CCC)OC(=O)CCCCCCCCCCCCCCCC. The van der Waals surface area contributed by atoms with E-state index in [0.717, 1.165) is 116 Å². The molecule has 0 fully saturated rings. The maximum Gasteiger partial charge on any atom is 0.306 e. The van der Waals surface area contributed by atoms with Gasteiger partial charge in [0.1, 0.15) is 13.2 Å². The molecule has 1 unspecified atom stereocenters. The molecule has 0 aliphatic rings. The minimum Gasteiger partial charge on any atom is -0.462 e. The predicted octanol–water partition coefficient (Wildman–Crippen LogP) is 23.8. The van der Waals surface area contributed by atoms with E-state index in [2.05, 4.69) is 106 Å². The molecule has 0 aromatic rings. The van der Waals surface area contributed by atoms with E-state index >= 15 is 0 Å². The Hall–Kier alpha value is -3.41. The van der Waals surface area contributed by atoms with Gasteiger partial charge in [0.05, 0.1) is 0 Å². The van der Waals surface area contributed by atoms with Crippen molar-refractivity contribution in [1.29, 1.82) is 0 Å². The van der Waals surface area contributed by atoms with Crippen molar-refractivity contribution >= 4 is 17.9 Å². The summed E-state index contributed by atoms with van der Waals surface area (Å²) in [5.41, 5.74) is 0. The number of carbonyl (C=O) groups is 3. The quantitative estimate of drug-likeness (QED) is 0.0261. The predicted molar refractivity (Wildman–Crippen MR) is 348 cm³/mol. The third-order valence-electron chi connectivity index (χ3n) is 15.1. The van der Waals surface area contributed by atoms with E-state index in [1.807, 2.05) is 0 Å². The highest BCUT2D eigenvalue weighted by molar-refractivity contribution is 5.71. The third kappa shape index (κ3) is 65.4. The molecule has 0 aliphatic carbocycles. The Morgan fingerprint density at radius 3 is 0.812 bits per heavy atom. The van der Waals surface area contributed by atoms with Crippen molar-refractivity contribution in [3.8, 4) is 0 Å². The third-order valence-corrected chi connectivity index (χ3v) is 15.1. The molecule has 0 N–H and O–H groups in total. The average Bonchev–Trinajstić information content (AvgIpc) is 3.46. The van der Waals surface area contributed by atoms with Crippen molar-refractivity contribution in [1.82, 2.24) is 0 Å². The second-order valence-electron chi connectivity index (χ2n) is 23.1. The smallest absolute Gasteiger partial charge is 0.306 e. The molecule has 0 radical (unpaired) electrons. The van der Waals surface area contributed by atoms with Gasteiger partial charge >= 0.3 is 17.9 Å². The largest absolute Gasteiger partial charge is 0.462 e. The van der Waals surface area contributed by atoms with E-state index in [0.29, 0.717) is 19.3 Å².